The van der Waals surface area contributed by atoms with Crippen LogP contribution in [0.4, 0.5) is 4.79 Å². The molecule has 9 nitrogen and oxygen atoms in total. The average Bonchev–Trinajstić information content (AvgIpc) is 3.01. The van der Waals surface area contributed by atoms with Gasteiger partial charge < -0.3 is 20.3 Å². The normalized spacial score (nSPS) is 16.3. The van der Waals surface area contributed by atoms with Crippen molar-refractivity contribution in [2.75, 3.05) is 26.2 Å². The van der Waals surface area contributed by atoms with Gasteiger partial charge in [0.05, 0.1) is 0 Å². The Bertz CT molecular complexity index is 628. The summed E-state index contributed by atoms with van der Waals surface area (Å²) < 4.78 is 7.17. The number of ether oxygens (including phenoxy) is 1. The third-order valence-electron chi connectivity index (χ3n) is 4.35. The Morgan fingerprint density at radius 2 is 2.04 bits per heavy atom. The van der Waals surface area contributed by atoms with Crippen molar-refractivity contribution >= 4 is 12.1 Å². The van der Waals surface area contributed by atoms with Crippen LogP contribution in [0.2, 0.25) is 0 Å². The van der Waals surface area contributed by atoms with Crippen LogP contribution in [-0.4, -0.2) is 63.5 Å². The maximum Gasteiger partial charge on any atom is 0.410 e. The predicted octanol–water partition coefficient (Wildman–Crippen LogP) is 1.52. The molecule has 0 spiro atoms. The van der Waals surface area contributed by atoms with E-state index in [1.807, 2.05) is 34.7 Å². The van der Waals surface area contributed by atoms with E-state index < -0.39 is 5.60 Å². The van der Waals surface area contributed by atoms with Crippen molar-refractivity contribution in [1.82, 2.24) is 30.3 Å². The molecular formula is C18H33N7O2. The van der Waals surface area contributed by atoms with Crippen LogP contribution in [0.15, 0.2) is 11.3 Å². The first-order valence-electron chi connectivity index (χ1n) is 9.61. The number of amides is 1. The topological polar surface area (TPSA) is 96.7 Å². The van der Waals surface area contributed by atoms with Gasteiger partial charge in [-0.15, -0.1) is 0 Å². The first kappa shape index (κ1) is 21.0. The molecule has 0 unspecified atom stereocenters. The van der Waals surface area contributed by atoms with Gasteiger partial charge in [0.1, 0.15) is 24.3 Å². The van der Waals surface area contributed by atoms with E-state index in [0.29, 0.717) is 12.5 Å². The molecule has 2 rings (SSSR count). The van der Waals surface area contributed by atoms with Crippen LogP contribution >= 0.6 is 0 Å². The van der Waals surface area contributed by atoms with E-state index >= 15 is 0 Å². The molecule has 1 amide bonds. The second kappa shape index (κ2) is 9.57. The summed E-state index contributed by atoms with van der Waals surface area (Å²) >= 11 is 0. The summed E-state index contributed by atoms with van der Waals surface area (Å²) in [6, 6.07) is 0. The minimum Gasteiger partial charge on any atom is -0.444 e. The first-order valence-corrected chi connectivity index (χ1v) is 9.61. The number of aromatic nitrogens is 3. The summed E-state index contributed by atoms with van der Waals surface area (Å²) in [6.07, 6.45) is 3.22. The van der Waals surface area contributed by atoms with Crippen molar-refractivity contribution in [3.05, 3.63) is 12.2 Å². The zero-order valence-electron chi connectivity index (χ0n) is 17.2. The third-order valence-corrected chi connectivity index (χ3v) is 4.35. The molecule has 1 aliphatic rings. The summed E-state index contributed by atoms with van der Waals surface area (Å²) in [5, 5.41) is 10.7. The fraction of sp³-hybridized carbons (Fsp3) is 0.778. The highest BCUT2D eigenvalue weighted by molar-refractivity contribution is 5.79. The fourth-order valence-electron chi connectivity index (χ4n) is 2.84. The van der Waals surface area contributed by atoms with Gasteiger partial charge in [0.15, 0.2) is 5.96 Å². The molecule has 2 N–H and O–H groups in total. The molecule has 1 saturated heterocycles. The molecule has 152 valence electrons. The molecule has 0 atom stereocenters. The molecule has 27 heavy (non-hydrogen) atoms. The summed E-state index contributed by atoms with van der Waals surface area (Å²) in [6.45, 7) is 11.3. The van der Waals surface area contributed by atoms with Crippen LogP contribution in [0.1, 0.15) is 46.4 Å². The van der Waals surface area contributed by atoms with Crippen LogP contribution in [0.25, 0.3) is 0 Å². The lowest BCUT2D eigenvalue weighted by molar-refractivity contribution is 0.0185. The Balaban J connectivity index is 1.78. The van der Waals surface area contributed by atoms with Crippen molar-refractivity contribution < 1.29 is 9.53 Å². The average molecular weight is 380 g/mol. The molecule has 0 saturated carbocycles. The summed E-state index contributed by atoms with van der Waals surface area (Å²) in [5.41, 5.74) is -0.449. The molecule has 2 heterocycles. The van der Waals surface area contributed by atoms with Gasteiger partial charge in [-0.1, -0.05) is 0 Å². The SMILES string of the molecule is CCNC(=NCc1ncnn1C)NCC1CCN(C(=O)OC(C)(C)C)CC1. The number of carbonyl (C=O) groups excluding carboxylic acids is 1. The maximum absolute atomic E-state index is 12.1. The molecule has 9 heteroatoms. The lowest BCUT2D eigenvalue weighted by atomic mass is 9.97. The third kappa shape index (κ3) is 7.07. The maximum atomic E-state index is 12.1. The molecule has 1 fully saturated rings. The van der Waals surface area contributed by atoms with E-state index in [4.69, 9.17) is 4.74 Å². The van der Waals surface area contributed by atoms with E-state index in [-0.39, 0.29) is 6.09 Å². The van der Waals surface area contributed by atoms with Crippen molar-refractivity contribution in [2.45, 2.75) is 52.7 Å². The number of piperidine rings is 1. The van der Waals surface area contributed by atoms with E-state index in [9.17, 15) is 4.79 Å². The minimum absolute atomic E-state index is 0.215. The summed E-state index contributed by atoms with van der Waals surface area (Å²) in [7, 11) is 1.86. The lowest BCUT2D eigenvalue weighted by Gasteiger charge is -2.33. The monoisotopic (exact) mass is 379 g/mol. The summed E-state index contributed by atoms with van der Waals surface area (Å²) in [5.74, 6) is 2.09. The zero-order valence-corrected chi connectivity index (χ0v) is 17.2. The number of hydrogen-bond donors (Lipinski definition) is 2. The van der Waals surface area contributed by atoms with Gasteiger partial charge in [-0.05, 0) is 46.5 Å². The van der Waals surface area contributed by atoms with E-state index in [1.54, 1.807) is 9.58 Å². The molecule has 1 aromatic heterocycles. The van der Waals surface area contributed by atoms with Crippen molar-refractivity contribution in [3.63, 3.8) is 0 Å². The Kier molecular flexibility index (Phi) is 7.44. The van der Waals surface area contributed by atoms with Gasteiger partial charge >= 0.3 is 6.09 Å². The number of carbonyl (C=O) groups is 1. The van der Waals surface area contributed by atoms with Crippen molar-refractivity contribution in [3.8, 4) is 0 Å². The van der Waals surface area contributed by atoms with Crippen LogP contribution in [0.3, 0.4) is 0 Å². The number of hydrogen-bond acceptors (Lipinski definition) is 5. The number of aryl methyl sites for hydroxylation is 1. The Morgan fingerprint density at radius 1 is 1.33 bits per heavy atom. The van der Waals surface area contributed by atoms with Crippen LogP contribution in [-0.2, 0) is 18.3 Å². The number of nitrogens with one attached hydrogen (secondary N) is 2. The number of aliphatic imine (C=N–C) groups is 1. The Hall–Kier alpha value is -2.32. The summed E-state index contributed by atoms with van der Waals surface area (Å²) in [4.78, 5) is 22.7. The van der Waals surface area contributed by atoms with Gasteiger partial charge in [-0.2, -0.15) is 5.10 Å². The number of likely N-dealkylation sites (tertiary alicyclic amines) is 1. The molecule has 0 aromatic carbocycles. The first-order chi connectivity index (χ1) is 12.8. The molecule has 0 aliphatic carbocycles. The van der Waals surface area contributed by atoms with Crippen LogP contribution in [0, 0.1) is 5.92 Å². The smallest absolute Gasteiger partial charge is 0.410 e. The highest BCUT2D eigenvalue weighted by Gasteiger charge is 2.26. The Labute approximate surface area is 161 Å². The molecule has 0 bridgehead atoms. The highest BCUT2D eigenvalue weighted by Crippen LogP contribution is 2.19. The van der Waals surface area contributed by atoms with E-state index in [0.717, 1.165) is 50.8 Å². The molecular weight excluding hydrogens is 346 g/mol. The lowest BCUT2D eigenvalue weighted by Crippen LogP contribution is -2.45. The van der Waals surface area contributed by atoms with Crippen molar-refractivity contribution in [1.29, 1.82) is 0 Å². The second-order valence-corrected chi connectivity index (χ2v) is 7.79. The quantitative estimate of drug-likeness (QED) is 0.595. The van der Waals surface area contributed by atoms with Gasteiger partial charge in [0.25, 0.3) is 0 Å². The number of guanidine groups is 1. The van der Waals surface area contributed by atoms with E-state index in [1.165, 1.54) is 6.33 Å². The fourth-order valence-corrected chi connectivity index (χ4v) is 2.84. The van der Waals surface area contributed by atoms with Gasteiger partial charge in [0, 0.05) is 33.2 Å². The number of nitrogens with zero attached hydrogens (tertiary/aromatic N) is 5. The van der Waals surface area contributed by atoms with Crippen LogP contribution in [0.5, 0.6) is 0 Å². The van der Waals surface area contributed by atoms with Gasteiger partial charge in [-0.3, -0.25) is 4.68 Å². The van der Waals surface area contributed by atoms with Gasteiger partial charge in [-0.25, -0.2) is 14.8 Å². The van der Waals surface area contributed by atoms with Crippen molar-refractivity contribution in [2.24, 2.45) is 18.0 Å². The molecule has 1 aliphatic heterocycles. The largest absolute Gasteiger partial charge is 0.444 e. The number of rotatable bonds is 5. The van der Waals surface area contributed by atoms with E-state index in [2.05, 4.69) is 25.7 Å². The molecule has 1 aromatic rings. The Morgan fingerprint density at radius 3 is 2.59 bits per heavy atom. The highest BCUT2D eigenvalue weighted by atomic mass is 16.6. The zero-order chi connectivity index (χ0) is 19.9. The van der Waals surface area contributed by atoms with Crippen LogP contribution < -0.4 is 10.6 Å². The molecule has 0 radical (unpaired) electrons. The van der Waals surface area contributed by atoms with Gasteiger partial charge in [0.2, 0.25) is 0 Å². The minimum atomic E-state index is -0.449. The standard InChI is InChI=1S/C18H33N7O2/c1-6-19-16(21-12-15-22-13-23-24(15)5)20-11-14-7-9-25(10-8-14)17(26)27-18(2,3)4/h13-14H,6-12H2,1-5H3,(H2,19,20,21). The second-order valence-electron chi connectivity index (χ2n) is 7.79. The predicted molar refractivity (Wildman–Crippen MR) is 104 cm³/mol.